The molecule has 102 heavy (non-hydrogen) atoms. The predicted octanol–water partition coefficient (Wildman–Crippen LogP) is 23.1. The molecule has 0 bridgehead atoms. The second-order valence-corrected chi connectivity index (χ2v) is 29.2. The van der Waals surface area contributed by atoms with Crippen molar-refractivity contribution >= 4 is 39.5 Å². The van der Waals surface area contributed by atoms with Crippen LogP contribution in [0.4, 0.5) is 0 Å². The van der Waals surface area contributed by atoms with E-state index in [1.165, 1.54) is 103 Å². The fourth-order valence-corrected chi connectivity index (χ4v) is 11.8. The second kappa shape index (κ2) is 74.7. The van der Waals surface area contributed by atoms with Crippen molar-refractivity contribution in [3.05, 3.63) is 122 Å². The highest BCUT2D eigenvalue weighted by molar-refractivity contribution is 7.47. The number of hydrogen-bond donors (Lipinski definition) is 3. The van der Waals surface area contributed by atoms with E-state index in [1.54, 1.807) is 0 Å². The molecule has 0 aliphatic heterocycles. The molecule has 0 aromatic rings. The Morgan fingerprint density at radius 3 is 0.824 bits per heavy atom. The summed E-state index contributed by atoms with van der Waals surface area (Å²) in [5.74, 6) is -2.32. The molecular formula is C83H142O17P2. The maximum atomic E-state index is 13.1. The van der Waals surface area contributed by atoms with Gasteiger partial charge in [-0.15, -0.1) is 0 Å². The number of esters is 4. The third-order valence-corrected chi connectivity index (χ3v) is 18.3. The zero-order valence-electron chi connectivity index (χ0n) is 64.0. The van der Waals surface area contributed by atoms with Gasteiger partial charge in [0.15, 0.2) is 12.2 Å². The number of carbonyl (C=O) groups is 4. The number of allylic oxidation sites excluding steroid dienone is 20. The number of ether oxygens (including phenoxy) is 4. The molecule has 0 spiro atoms. The second-order valence-electron chi connectivity index (χ2n) is 26.3. The number of carbonyl (C=O) groups excluding carboxylic acids is 4. The van der Waals surface area contributed by atoms with Crippen molar-refractivity contribution in [2.75, 3.05) is 39.6 Å². The molecule has 0 aliphatic carbocycles. The quantitative estimate of drug-likeness (QED) is 0.0169. The maximum absolute atomic E-state index is 13.1. The average molecular weight is 1470 g/mol. The first-order valence-corrected chi connectivity index (χ1v) is 42.8. The number of phosphoric acid groups is 2. The van der Waals surface area contributed by atoms with Crippen molar-refractivity contribution in [3.8, 4) is 0 Å². The zero-order chi connectivity index (χ0) is 74.6. The van der Waals surface area contributed by atoms with Gasteiger partial charge in [0.25, 0.3) is 0 Å². The topological polar surface area (TPSA) is 237 Å². The molecule has 17 nitrogen and oxygen atoms in total. The Labute approximate surface area is 619 Å². The van der Waals surface area contributed by atoms with Crippen molar-refractivity contribution in [1.82, 2.24) is 0 Å². The molecule has 0 amide bonds. The Hall–Kier alpha value is -4.54. The van der Waals surface area contributed by atoms with Gasteiger partial charge in [-0.1, -0.05) is 265 Å². The van der Waals surface area contributed by atoms with Crippen LogP contribution >= 0.6 is 15.6 Å². The minimum atomic E-state index is -5.00. The van der Waals surface area contributed by atoms with Gasteiger partial charge in [-0.2, -0.15) is 0 Å². The minimum Gasteiger partial charge on any atom is -0.462 e. The summed E-state index contributed by atoms with van der Waals surface area (Å²) in [6.45, 7) is 4.67. The summed E-state index contributed by atoms with van der Waals surface area (Å²) < 4.78 is 68.4. The smallest absolute Gasteiger partial charge is 0.462 e. The fourth-order valence-electron chi connectivity index (χ4n) is 10.3. The molecule has 0 aromatic carbocycles. The van der Waals surface area contributed by atoms with Gasteiger partial charge in [0.1, 0.15) is 19.3 Å². The number of unbranched alkanes of at least 4 members (excludes halogenated alkanes) is 28. The largest absolute Gasteiger partial charge is 0.472 e. The lowest BCUT2D eigenvalue weighted by atomic mass is 10.1. The van der Waals surface area contributed by atoms with Crippen molar-refractivity contribution in [1.29, 1.82) is 0 Å². The maximum Gasteiger partial charge on any atom is 0.472 e. The Balaban J connectivity index is 5.47. The predicted molar refractivity (Wildman–Crippen MR) is 418 cm³/mol. The molecule has 2 unspecified atom stereocenters. The Bertz CT molecular complexity index is 2410. The third kappa shape index (κ3) is 73.8. The molecule has 3 N–H and O–H groups in total. The summed E-state index contributed by atoms with van der Waals surface area (Å²) in [5.41, 5.74) is 0. The van der Waals surface area contributed by atoms with Crippen LogP contribution < -0.4 is 0 Å². The zero-order valence-corrected chi connectivity index (χ0v) is 65.8. The number of rotatable bonds is 74. The van der Waals surface area contributed by atoms with E-state index in [2.05, 4.69) is 125 Å². The molecule has 0 fully saturated rings. The van der Waals surface area contributed by atoms with Gasteiger partial charge in [-0.3, -0.25) is 37.3 Å². The van der Waals surface area contributed by atoms with Crippen LogP contribution in [-0.4, -0.2) is 96.7 Å². The molecule has 0 heterocycles. The summed E-state index contributed by atoms with van der Waals surface area (Å²) in [5, 5.41) is 10.6. The van der Waals surface area contributed by atoms with Crippen molar-refractivity contribution in [3.63, 3.8) is 0 Å². The molecule has 5 atom stereocenters. The van der Waals surface area contributed by atoms with Gasteiger partial charge in [-0.25, -0.2) is 9.13 Å². The number of hydrogen-bond acceptors (Lipinski definition) is 15. The van der Waals surface area contributed by atoms with Crippen molar-refractivity contribution in [2.24, 2.45) is 0 Å². The highest BCUT2D eigenvalue weighted by Gasteiger charge is 2.30. The minimum absolute atomic E-state index is 0.0147. The molecule has 0 saturated heterocycles. The first-order valence-electron chi connectivity index (χ1n) is 39.8. The molecule has 0 aliphatic rings. The van der Waals surface area contributed by atoms with Gasteiger partial charge in [0.2, 0.25) is 0 Å². The summed E-state index contributed by atoms with van der Waals surface area (Å²) >= 11 is 0. The van der Waals surface area contributed by atoms with E-state index in [-0.39, 0.29) is 25.7 Å². The molecular weight excluding hydrogens is 1330 g/mol. The van der Waals surface area contributed by atoms with Gasteiger partial charge < -0.3 is 33.8 Å². The molecule has 586 valence electrons. The van der Waals surface area contributed by atoms with E-state index in [0.717, 1.165) is 128 Å². The Morgan fingerprint density at radius 1 is 0.275 bits per heavy atom. The fraction of sp³-hybridized carbons (Fsp3) is 0.711. The molecule has 0 radical (unpaired) electrons. The Morgan fingerprint density at radius 2 is 0.490 bits per heavy atom. The van der Waals surface area contributed by atoms with Crippen LogP contribution in [0.5, 0.6) is 0 Å². The highest BCUT2D eigenvalue weighted by Crippen LogP contribution is 2.45. The number of phosphoric ester groups is 2. The van der Waals surface area contributed by atoms with E-state index >= 15 is 0 Å². The number of aliphatic hydroxyl groups is 1. The van der Waals surface area contributed by atoms with E-state index in [1.807, 2.05) is 24.3 Å². The normalized spacial score (nSPS) is 14.5. The van der Waals surface area contributed by atoms with Crippen LogP contribution in [0.15, 0.2) is 122 Å². The van der Waals surface area contributed by atoms with Crippen LogP contribution in [0.2, 0.25) is 0 Å². The SMILES string of the molecule is CCCCC/C=C\C/C=C\C/C=C\C/C=C\CCCC(=O)OC[C@H](COP(=O)(O)OC[C@@H](O)COP(=O)(O)OC[C@@H](COC(=O)CCCCCCC/C=C\CCCCCC)OC(=O)CCC/C=C\C/C=C\C/C=C\C/C=C\CCCCC)OC(=O)CCCCCCC/C=C\CCCCCCCC. The third-order valence-electron chi connectivity index (χ3n) is 16.4. The van der Waals surface area contributed by atoms with Gasteiger partial charge in [0.05, 0.1) is 26.4 Å². The van der Waals surface area contributed by atoms with Crippen LogP contribution in [0, 0.1) is 0 Å². The van der Waals surface area contributed by atoms with E-state index in [4.69, 9.17) is 37.0 Å². The lowest BCUT2D eigenvalue weighted by Gasteiger charge is -2.21. The summed E-state index contributed by atoms with van der Waals surface area (Å²) in [6, 6.07) is 0. The van der Waals surface area contributed by atoms with Crippen LogP contribution in [0.3, 0.4) is 0 Å². The van der Waals surface area contributed by atoms with Crippen LogP contribution in [0.25, 0.3) is 0 Å². The van der Waals surface area contributed by atoms with Crippen molar-refractivity contribution < 1.29 is 80.2 Å². The first-order chi connectivity index (χ1) is 49.7. The lowest BCUT2D eigenvalue weighted by molar-refractivity contribution is -0.161. The monoisotopic (exact) mass is 1470 g/mol. The van der Waals surface area contributed by atoms with E-state index in [0.29, 0.717) is 38.5 Å². The number of aliphatic hydroxyl groups excluding tert-OH is 1. The summed E-state index contributed by atoms with van der Waals surface area (Å²) in [6.07, 6.45) is 81.9. The molecule has 0 rings (SSSR count). The summed E-state index contributed by atoms with van der Waals surface area (Å²) in [4.78, 5) is 72.9. The van der Waals surface area contributed by atoms with E-state index in [9.17, 15) is 43.2 Å². The van der Waals surface area contributed by atoms with Crippen LogP contribution in [-0.2, 0) is 65.4 Å². The van der Waals surface area contributed by atoms with E-state index < -0.39 is 97.5 Å². The average Bonchev–Trinajstić information content (AvgIpc) is 0.951. The van der Waals surface area contributed by atoms with Gasteiger partial charge >= 0.3 is 39.5 Å². The van der Waals surface area contributed by atoms with Gasteiger partial charge in [0, 0.05) is 25.7 Å². The van der Waals surface area contributed by atoms with Crippen molar-refractivity contribution in [2.45, 2.75) is 341 Å². The molecule has 19 heteroatoms. The standard InChI is InChI=1S/C83H142O17P2/c1-5-9-13-17-21-25-29-33-36-38-41-44-48-52-56-60-64-68-81(86)94-74-79(99-82(87)69-65-61-57-53-49-45-40-35-31-27-23-19-15-11-7-3)76-98-102(91,92)96-72-77(84)71-95-101(89,90)97-75-78(73-93-80(85)67-63-59-55-51-47-43-32-28-24-20-16-12-8-4)100-83(88)70-66-62-58-54-50-46-42-39-37-34-30-26-22-18-14-10-6-2/h21-22,25-26,28,32-37,40-42,44,46,52,54,56,58,77-79,84H,5-20,23-24,27,29-31,38-39,43,45,47-51,53,55,57,59-76H2,1-4H3,(H,89,90)(H,91,92)/b25-21-,26-22-,32-28-,36-33-,37-34-,40-35-,44-41-,46-42-,56-52-,58-54-/t77-,78+,79+/m0/s1. The first kappa shape index (κ1) is 97.5. The van der Waals surface area contributed by atoms with Gasteiger partial charge in [-0.05, 0) is 154 Å². The molecule has 0 saturated carbocycles. The Kier molecular flexibility index (Phi) is 71.4. The lowest BCUT2D eigenvalue weighted by Crippen LogP contribution is -2.30. The van der Waals surface area contributed by atoms with Crippen LogP contribution in [0.1, 0.15) is 323 Å². The molecule has 0 aromatic heterocycles. The summed E-state index contributed by atoms with van der Waals surface area (Å²) in [7, 11) is -9.99. The highest BCUT2D eigenvalue weighted by atomic mass is 31.2.